The zero-order chi connectivity index (χ0) is 17.1. The van der Waals surface area contributed by atoms with E-state index in [9.17, 15) is 4.79 Å². The average molecular weight is 343 g/mol. The highest BCUT2D eigenvalue weighted by molar-refractivity contribution is 7.12. The Kier molecular flexibility index (Phi) is 4.92. The van der Waals surface area contributed by atoms with Crippen molar-refractivity contribution in [1.29, 1.82) is 0 Å². The molecule has 0 spiro atoms. The summed E-state index contributed by atoms with van der Waals surface area (Å²) >= 11 is 1.52. The van der Waals surface area contributed by atoms with Crippen molar-refractivity contribution in [2.45, 2.75) is 13.3 Å². The van der Waals surface area contributed by atoms with Gasteiger partial charge in [-0.15, -0.1) is 11.3 Å². The summed E-state index contributed by atoms with van der Waals surface area (Å²) in [6.45, 7) is 3.68. The topological polar surface area (TPSA) is 63.1 Å². The van der Waals surface area contributed by atoms with Crippen LogP contribution in [-0.2, 0) is 0 Å². The Morgan fingerprint density at radius 2 is 2.21 bits per heavy atom. The Bertz CT molecular complexity index is 888. The van der Waals surface area contributed by atoms with Gasteiger partial charge < -0.3 is 10.2 Å². The molecule has 0 radical (unpaired) electrons. The average Bonchev–Trinajstić information content (AvgIpc) is 3.12. The third kappa shape index (κ3) is 3.18. The summed E-state index contributed by atoms with van der Waals surface area (Å²) in [7, 11) is 3.97. The molecule has 0 aliphatic carbocycles. The third-order valence-corrected chi connectivity index (χ3v) is 4.72. The van der Waals surface area contributed by atoms with Crippen LogP contribution < -0.4 is 15.6 Å². The molecule has 0 unspecified atom stereocenters. The summed E-state index contributed by atoms with van der Waals surface area (Å²) in [5, 5.41) is 6.50. The van der Waals surface area contributed by atoms with Crippen molar-refractivity contribution in [3.63, 3.8) is 0 Å². The number of nitrogens with zero attached hydrogens (tertiary/aromatic N) is 4. The van der Waals surface area contributed by atoms with Gasteiger partial charge in [-0.3, -0.25) is 9.36 Å². The highest BCUT2D eigenvalue weighted by atomic mass is 32.1. The molecule has 0 saturated carbocycles. The van der Waals surface area contributed by atoms with E-state index in [0.717, 1.165) is 30.5 Å². The first-order chi connectivity index (χ1) is 11.6. The molecule has 0 bridgehead atoms. The number of hydrogen-bond acceptors (Lipinski definition) is 6. The number of fused-ring (bicyclic) bond motifs is 1. The third-order valence-electron chi connectivity index (χ3n) is 3.95. The molecule has 0 saturated heterocycles. The van der Waals surface area contributed by atoms with E-state index in [0.29, 0.717) is 16.6 Å². The van der Waals surface area contributed by atoms with E-state index in [1.165, 1.54) is 11.3 Å². The van der Waals surface area contributed by atoms with Crippen molar-refractivity contribution in [3.05, 3.63) is 45.7 Å². The SMILES string of the molecule is CNCCCN(C)c1ccc2c(=O)c(C)cn(-c3nccs3)c2n1. The minimum absolute atomic E-state index is 0.0229. The molecule has 3 aromatic rings. The first-order valence-electron chi connectivity index (χ1n) is 7.90. The van der Waals surface area contributed by atoms with Crippen molar-refractivity contribution in [2.24, 2.45) is 0 Å². The van der Waals surface area contributed by atoms with Gasteiger partial charge in [-0.1, -0.05) is 0 Å². The molecule has 126 valence electrons. The number of nitrogens with one attached hydrogen (secondary N) is 1. The summed E-state index contributed by atoms with van der Waals surface area (Å²) in [6.07, 6.45) is 4.61. The van der Waals surface area contributed by atoms with Gasteiger partial charge in [0.2, 0.25) is 0 Å². The Morgan fingerprint density at radius 1 is 1.38 bits per heavy atom. The monoisotopic (exact) mass is 343 g/mol. The van der Waals surface area contributed by atoms with Crippen molar-refractivity contribution in [3.8, 4) is 5.13 Å². The molecule has 6 nitrogen and oxygen atoms in total. The van der Waals surface area contributed by atoms with Gasteiger partial charge in [0, 0.05) is 36.9 Å². The summed E-state index contributed by atoms with van der Waals surface area (Å²) in [5.74, 6) is 0.854. The first kappa shape index (κ1) is 16.6. The van der Waals surface area contributed by atoms with Crippen LogP contribution in [0.1, 0.15) is 12.0 Å². The van der Waals surface area contributed by atoms with Crippen molar-refractivity contribution >= 4 is 28.2 Å². The quantitative estimate of drug-likeness (QED) is 0.695. The van der Waals surface area contributed by atoms with Gasteiger partial charge in [0.05, 0.1) is 5.39 Å². The highest BCUT2D eigenvalue weighted by Crippen LogP contribution is 2.20. The molecule has 3 aromatic heterocycles. The maximum atomic E-state index is 12.4. The zero-order valence-electron chi connectivity index (χ0n) is 14.1. The molecule has 0 atom stereocenters. The molecule has 0 fully saturated rings. The molecule has 7 heteroatoms. The van der Waals surface area contributed by atoms with Crippen LogP contribution in [0.3, 0.4) is 0 Å². The van der Waals surface area contributed by atoms with Gasteiger partial charge in [-0.2, -0.15) is 0 Å². The van der Waals surface area contributed by atoms with Crippen LogP contribution in [0.2, 0.25) is 0 Å². The van der Waals surface area contributed by atoms with Gasteiger partial charge >= 0.3 is 0 Å². The van der Waals surface area contributed by atoms with Crippen LogP contribution in [0.4, 0.5) is 5.82 Å². The molecule has 1 N–H and O–H groups in total. The van der Waals surface area contributed by atoms with E-state index in [2.05, 4.69) is 15.2 Å². The van der Waals surface area contributed by atoms with Crippen LogP contribution in [-0.4, -0.2) is 41.7 Å². The summed E-state index contributed by atoms with van der Waals surface area (Å²) < 4.78 is 1.90. The Labute approximate surface area is 144 Å². The van der Waals surface area contributed by atoms with Crippen LogP contribution in [0.15, 0.2) is 34.7 Å². The normalized spacial score (nSPS) is 11.1. The fourth-order valence-electron chi connectivity index (χ4n) is 2.63. The fourth-order valence-corrected chi connectivity index (χ4v) is 3.24. The Balaban J connectivity index is 2.09. The Morgan fingerprint density at radius 3 is 2.92 bits per heavy atom. The minimum Gasteiger partial charge on any atom is -0.360 e. The predicted octanol–water partition coefficient (Wildman–Crippen LogP) is 2.20. The molecule has 3 heterocycles. The molecule has 0 aliphatic heterocycles. The number of anilines is 1. The molecular weight excluding hydrogens is 322 g/mol. The lowest BCUT2D eigenvalue weighted by molar-refractivity contribution is 0.709. The maximum Gasteiger partial charge on any atom is 0.195 e. The lowest BCUT2D eigenvalue weighted by Crippen LogP contribution is -2.23. The summed E-state index contributed by atoms with van der Waals surface area (Å²) in [4.78, 5) is 23.7. The predicted molar refractivity (Wildman–Crippen MR) is 99.6 cm³/mol. The van der Waals surface area contributed by atoms with Gasteiger partial charge in [0.15, 0.2) is 16.2 Å². The van der Waals surface area contributed by atoms with Crippen molar-refractivity contribution in [2.75, 3.05) is 32.1 Å². The first-order valence-corrected chi connectivity index (χ1v) is 8.78. The molecule has 0 aliphatic rings. The van der Waals surface area contributed by atoms with Crippen molar-refractivity contribution in [1.82, 2.24) is 19.9 Å². The smallest absolute Gasteiger partial charge is 0.195 e. The van der Waals surface area contributed by atoms with E-state index in [1.54, 1.807) is 6.20 Å². The molecule has 24 heavy (non-hydrogen) atoms. The van der Waals surface area contributed by atoms with E-state index >= 15 is 0 Å². The number of pyridine rings is 2. The number of hydrogen-bond donors (Lipinski definition) is 1. The second kappa shape index (κ2) is 7.11. The molecule has 0 amide bonds. The number of aromatic nitrogens is 3. The molecule has 3 rings (SSSR count). The molecular formula is C17H21N5OS. The van der Waals surface area contributed by atoms with Gasteiger partial charge in [-0.25, -0.2) is 9.97 Å². The number of aryl methyl sites for hydroxylation is 1. The van der Waals surface area contributed by atoms with Gasteiger partial charge in [0.1, 0.15) is 5.82 Å². The lowest BCUT2D eigenvalue weighted by Gasteiger charge is -2.19. The Hall–Kier alpha value is -2.25. The van der Waals surface area contributed by atoms with Gasteiger partial charge in [0.25, 0.3) is 0 Å². The van der Waals surface area contributed by atoms with E-state index in [1.807, 2.05) is 49.3 Å². The summed E-state index contributed by atoms with van der Waals surface area (Å²) in [6, 6.07) is 3.78. The second-order valence-corrected chi connectivity index (χ2v) is 6.62. The lowest BCUT2D eigenvalue weighted by atomic mass is 10.2. The van der Waals surface area contributed by atoms with Crippen LogP contribution in [0.5, 0.6) is 0 Å². The minimum atomic E-state index is 0.0229. The van der Waals surface area contributed by atoms with Crippen LogP contribution in [0, 0.1) is 6.92 Å². The number of rotatable bonds is 6. The van der Waals surface area contributed by atoms with Gasteiger partial charge in [-0.05, 0) is 39.1 Å². The second-order valence-electron chi connectivity index (χ2n) is 5.75. The number of thiazole rings is 1. The van der Waals surface area contributed by atoms with Crippen LogP contribution in [0.25, 0.3) is 16.2 Å². The van der Waals surface area contributed by atoms with Crippen molar-refractivity contribution < 1.29 is 0 Å². The molecule has 0 aromatic carbocycles. The van der Waals surface area contributed by atoms with E-state index in [-0.39, 0.29) is 5.43 Å². The standard InChI is InChI=1S/C17H21N5OS/c1-12-11-22(17-19-8-10-24-17)16-13(15(12)23)5-6-14(20-16)21(3)9-4-7-18-2/h5-6,8,10-11,18H,4,7,9H2,1-3H3. The summed E-state index contributed by atoms with van der Waals surface area (Å²) in [5.41, 5.74) is 1.36. The van der Waals surface area contributed by atoms with E-state index < -0.39 is 0 Å². The largest absolute Gasteiger partial charge is 0.360 e. The maximum absolute atomic E-state index is 12.4. The fraction of sp³-hybridized carbons (Fsp3) is 0.353. The van der Waals surface area contributed by atoms with Crippen LogP contribution >= 0.6 is 11.3 Å². The van der Waals surface area contributed by atoms with E-state index in [4.69, 9.17) is 4.98 Å². The zero-order valence-corrected chi connectivity index (χ0v) is 14.9. The highest BCUT2D eigenvalue weighted by Gasteiger charge is 2.13.